The van der Waals surface area contributed by atoms with Crippen LogP contribution >= 0.6 is 0 Å². The Morgan fingerprint density at radius 3 is 2.67 bits per heavy atom. The summed E-state index contributed by atoms with van der Waals surface area (Å²) in [6, 6.07) is 3.02. The molecule has 0 amide bonds. The zero-order valence-corrected chi connectivity index (χ0v) is 13.1. The van der Waals surface area contributed by atoms with Crippen molar-refractivity contribution in [2.75, 3.05) is 20.1 Å². The molecule has 21 heavy (non-hydrogen) atoms. The Morgan fingerprint density at radius 1 is 1.43 bits per heavy atom. The molecule has 0 unspecified atom stereocenters. The number of aliphatic hydroxyl groups excluding tert-OH is 1. The van der Waals surface area contributed by atoms with Crippen LogP contribution in [0.3, 0.4) is 0 Å². The third-order valence-electron chi connectivity index (χ3n) is 3.76. The predicted molar refractivity (Wildman–Crippen MR) is 77.9 cm³/mol. The molecule has 0 radical (unpaired) electrons. The van der Waals surface area contributed by atoms with Gasteiger partial charge >= 0.3 is 0 Å². The number of halogens is 1. The highest BCUT2D eigenvalue weighted by molar-refractivity contribution is 7.89. The van der Waals surface area contributed by atoms with E-state index in [0.717, 1.165) is 18.9 Å². The van der Waals surface area contributed by atoms with Gasteiger partial charge in [0.2, 0.25) is 10.0 Å². The molecule has 1 fully saturated rings. The predicted octanol–water partition coefficient (Wildman–Crippen LogP) is 0.999. The van der Waals surface area contributed by atoms with E-state index in [9.17, 15) is 12.8 Å². The normalized spacial score (nSPS) is 15.7. The lowest BCUT2D eigenvalue weighted by Crippen LogP contribution is -2.34. The molecule has 2 N–H and O–H groups in total. The van der Waals surface area contributed by atoms with Gasteiger partial charge in [-0.2, -0.15) is 0 Å². The molecule has 5 nitrogen and oxygen atoms in total. The van der Waals surface area contributed by atoms with Crippen LogP contribution < -0.4 is 4.72 Å². The third kappa shape index (κ3) is 4.00. The fraction of sp³-hybridized carbons (Fsp3) is 0.571. The van der Waals surface area contributed by atoms with Gasteiger partial charge in [0.05, 0.1) is 11.5 Å². The smallest absolute Gasteiger partial charge is 0.240 e. The first kappa shape index (κ1) is 16.4. The Hall–Kier alpha value is -1.02. The fourth-order valence-corrected chi connectivity index (χ4v) is 3.53. The number of likely N-dealkylation sites (N-methyl/N-ethyl adjacent to an activating group) is 1. The number of nitrogens with zero attached hydrogens (tertiary/aromatic N) is 1. The monoisotopic (exact) mass is 316 g/mol. The second-order valence-corrected chi connectivity index (χ2v) is 7.20. The Morgan fingerprint density at radius 2 is 2.10 bits per heavy atom. The molecule has 7 heteroatoms. The van der Waals surface area contributed by atoms with Crippen molar-refractivity contribution in [3.05, 3.63) is 29.1 Å². The lowest BCUT2D eigenvalue weighted by molar-refractivity contribution is 0.281. The maximum absolute atomic E-state index is 13.7. The topological polar surface area (TPSA) is 69.6 Å². The lowest BCUT2D eigenvalue weighted by atomic mass is 10.1. The van der Waals surface area contributed by atoms with Gasteiger partial charge in [0.1, 0.15) is 5.82 Å². The first-order valence-corrected chi connectivity index (χ1v) is 8.43. The van der Waals surface area contributed by atoms with Gasteiger partial charge in [0.25, 0.3) is 0 Å². The highest BCUT2D eigenvalue weighted by Gasteiger charge is 2.26. The maximum atomic E-state index is 13.7. The minimum absolute atomic E-state index is 0.0650. The summed E-state index contributed by atoms with van der Waals surface area (Å²) in [7, 11) is -1.81. The van der Waals surface area contributed by atoms with E-state index in [0.29, 0.717) is 12.6 Å². The van der Waals surface area contributed by atoms with Crippen molar-refractivity contribution in [2.45, 2.75) is 37.3 Å². The average Bonchev–Trinajstić information content (AvgIpc) is 3.25. The van der Waals surface area contributed by atoms with E-state index in [1.54, 1.807) is 0 Å². The van der Waals surface area contributed by atoms with Gasteiger partial charge < -0.3 is 10.0 Å². The standard InChI is InChI=1S/C14H21FN2O3S/c1-10-13(15)7-11(9-18)8-14(10)21(19,20)16-5-6-17(2)12-3-4-12/h7-8,12,16,18H,3-6,9H2,1-2H3. The summed E-state index contributed by atoms with van der Waals surface area (Å²) in [6.07, 6.45) is 2.32. The minimum Gasteiger partial charge on any atom is -0.392 e. The molecular weight excluding hydrogens is 295 g/mol. The quantitative estimate of drug-likeness (QED) is 0.787. The number of hydrogen-bond donors (Lipinski definition) is 2. The molecule has 0 bridgehead atoms. The summed E-state index contributed by atoms with van der Waals surface area (Å²) in [6.45, 7) is 1.91. The van der Waals surface area contributed by atoms with Gasteiger partial charge in [-0.05, 0) is 44.5 Å². The van der Waals surface area contributed by atoms with Crippen molar-refractivity contribution in [2.24, 2.45) is 0 Å². The van der Waals surface area contributed by atoms with Crippen molar-refractivity contribution in [3.63, 3.8) is 0 Å². The first-order valence-electron chi connectivity index (χ1n) is 6.95. The van der Waals surface area contributed by atoms with E-state index in [2.05, 4.69) is 9.62 Å². The highest BCUT2D eigenvalue weighted by atomic mass is 32.2. The Labute approximate surface area is 124 Å². The van der Waals surface area contributed by atoms with Gasteiger partial charge in [-0.3, -0.25) is 0 Å². The molecule has 0 heterocycles. The van der Waals surface area contributed by atoms with Crippen molar-refractivity contribution in [1.82, 2.24) is 9.62 Å². The van der Waals surface area contributed by atoms with Crippen LogP contribution in [-0.4, -0.2) is 44.6 Å². The van der Waals surface area contributed by atoms with Gasteiger partial charge in [-0.1, -0.05) is 0 Å². The molecule has 0 aliphatic heterocycles. The molecule has 2 rings (SSSR count). The SMILES string of the molecule is Cc1c(F)cc(CO)cc1S(=O)(=O)NCCN(C)C1CC1. The van der Waals surface area contributed by atoms with Crippen LogP contribution in [0.1, 0.15) is 24.0 Å². The average molecular weight is 316 g/mol. The van der Waals surface area contributed by atoms with Crippen LogP contribution in [0, 0.1) is 12.7 Å². The number of benzene rings is 1. The van der Waals surface area contributed by atoms with Gasteiger partial charge in [-0.25, -0.2) is 17.5 Å². The summed E-state index contributed by atoms with van der Waals surface area (Å²) in [4.78, 5) is 2.00. The second kappa shape index (κ2) is 6.39. The largest absolute Gasteiger partial charge is 0.392 e. The third-order valence-corrected chi connectivity index (χ3v) is 5.34. The molecule has 0 atom stereocenters. The van der Waals surface area contributed by atoms with Crippen molar-refractivity contribution in [1.29, 1.82) is 0 Å². The number of rotatable bonds is 7. The zero-order chi connectivity index (χ0) is 15.6. The summed E-state index contributed by atoms with van der Waals surface area (Å²) >= 11 is 0. The van der Waals surface area contributed by atoms with E-state index < -0.39 is 22.4 Å². The Bertz CT molecular complexity index is 615. The van der Waals surface area contributed by atoms with E-state index in [1.807, 2.05) is 7.05 Å². The Balaban J connectivity index is 2.09. The maximum Gasteiger partial charge on any atom is 0.240 e. The summed E-state index contributed by atoms with van der Waals surface area (Å²) in [5.41, 5.74) is 0.309. The van der Waals surface area contributed by atoms with Crippen molar-refractivity contribution >= 4 is 10.0 Å². The van der Waals surface area contributed by atoms with Gasteiger partial charge in [0.15, 0.2) is 0 Å². The molecular formula is C14H21FN2O3S. The minimum atomic E-state index is -3.77. The van der Waals surface area contributed by atoms with Crippen LogP contribution in [0.4, 0.5) is 4.39 Å². The van der Waals surface area contributed by atoms with Crippen LogP contribution in [0.5, 0.6) is 0 Å². The zero-order valence-electron chi connectivity index (χ0n) is 12.3. The van der Waals surface area contributed by atoms with E-state index in [1.165, 1.54) is 13.0 Å². The molecule has 118 valence electrons. The van der Waals surface area contributed by atoms with Crippen LogP contribution in [0.15, 0.2) is 17.0 Å². The van der Waals surface area contributed by atoms with Crippen molar-refractivity contribution in [3.8, 4) is 0 Å². The molecule has 1 aromatic rings. The summed E-state index contributed by atoms with van der Waals surface area (Å²) < 4.78 is 40.7. The lowest BCUT2D eigenvalue weighted by Gasteiger charge is -2.16. The molecule has 0 saturated heterocycles. The first-order chi connectivity index (χ1) is 9.85. The number of hydrogen-bond acceptors (Lipinski definition) is 4. The molecule has 0 spiro atoms. The van der Waals surface area contributed by atoms with Crippen molar-refractivity contribution < 1.29 is 17.9 Å². The highest BCUT2D eigenvalue weighted by Crippen LogP contribution is 2.25. The van der Waals surface area contributed by atoms with Crippen LogP contribution in [-0.2, 0) is 16.6 Å². The number of nitrogens with one attached hydrogen (secondary N) is 1. The van der Waals surface area contributed by atoms with Crippen LogP contribution in [0.2, 0.25) is 0 Å². The molecule has 1 aliphatic carbocycles. The van der Waals surface area contributed by atoms with Gasteiger partial charge in [-0.15, -0.1) is 0 Å². The van der Waals surface area contributed by atoms with E-state index in [-0.39, 0.29) is 22.6 Å². The second-order valence-electron chi connectivity index (χ2n) is 5.47. The fourth-order valence-electron chi connectivity index (χ4n) is 2.21. The molecule has 0 aromatic heterocycles. The summed E-state index contributed by atoms with van der Waals surface area (Å²) in [5.74, 6) is -0.628. The summed E-state index contributed by atoms with van der Waals surface area (Å²) in [5, 5.41) is 9.07. The number of aliphatic hydroxyl groups is 1. The van der Waals surface area contributed by atoms with Crippen LogP contribution in [0.25, 0.3) is 0 Å². The Kier molecular flexibility index (Phi) is 4.98. The molecule has 1 saturated carbocycles. The molecule has 1 aliphatic rings. The van der Waals surface area contributed by atoms with E-state index in [4.69, 9.17) is 5.11 Å². The van der Waals surface area contributed by atoms with Gasteiger partial charge in [0, 0.05) is 24.7 Å². The van der Waals surface area contributed by atoms with E-state index >= 15 is 0 Å². The molecule has 1 aromatic carbocycles. The number of sulfonamides is 1.